The Morgan fingerprint density at radius 1 is 1.29 bits per heavy atom. The molecule has 124 valence electrons. The summed E-state index contributed by atoms with van der Waals surface area (Å²) in [6, 6.07) is 6.15. The van der Waals surface area contributed by atoms with E-state index in [1.165, 1.54) is 19.1 Å². The number of ether oxygens (including phenoxy) is 2. The summed E-state index contributed by atoms with van der Waals surface area (Å²) < 4.78 is 10.6. The Bertz CT molecular complexity index is 770. The molecule has 4 atom stereocenters. The van der Waals surface area contributed by atoms with Gasteiger partial charge < -0.3 is 14.6 Å². The molecule has 0 unspecified atom stereocenters. The van der Waals surface area contributed by atoms with Crippen LogP contribution in [0.15, 0.2) is 36.4 Å². The van der Waals surface area contributed by atoms with E-state index in [4.69, 9.17) is 9.47 Å². The maximum absolute atomic E-state index is 12.8. The molecule has 2 bridgehead atoms. The van der Waals surface area contributed by atoms with Crippen molar-refractivity contribution in [2.24, 2.45) is 11.8 Å². The predicted molar refractivity (Wildman–Crippen MR) is 81.1 cm³/mol. The molecule has 0 spiro atoms. The summed E-state index contributed by atoms with van der Waals surface area (Å²) in [6.07, 6.45) is 2.93. The molecule has 7 nitrogen and oxygen atoms in total. The Hall–Kier alpha value is -2.51. The second-order valence-corrected chi connectivity index (χ2v) is 6.16. The second kappa shape index (κ2) is 4.99. The highest BCUT2D eigenvalue weighted by atomic mass is 16.5. The average molecular weight is 329 g/mol. The van der Waals surface area contributed by atoms with Crippen LogP contribution < -0.4 is 9.64 Å². The number of hydrogen-bond acceptors (Lipinski definition) is 6. The third kappa shape index (κ3) is 1.88. The first-order valence-electron chi connectivity index (χ1n) is 7.61. The molecule has 3 heterocycles. The van der Waals surface area contributed by atoms with Crippen molar-refractivity contribution in [1.29, 1.82) is 0 Å². The van der Waals surface area contributed by atoms with Gasteiger partial charge in [0.1, 0.15) is 11.4 Å². The molecule has 7 heteroatoms. The fraction of sp³-hybridized carbons (Fsp3) is 0.353. The molecule has 3 aliphatic heterocycles. The lowest BCUT2D eigenvalue weighted by atomic mass is 9.77. The van der Waals surface area contributed by atoms with Crippen molar-refractivity contribution >= 4 is 23.5 Å². The fourth-order valence-electron chi connectivity index (χ4n) is 3.77. The number of aliphatic hydroxyl groups is 1. The van der Waals surface area contributed by atoms with Crippen LogP contribution in [0.5, 0.6) is 5.75 Å². The van der Waals surface area contributed by atoms with E-state index in [0.717, 1.165) is 4.90 Å². The number of nitrogens with zero attached hydrogens (tertiary/aromatic N) is 1. The van der Waals surface area contributed by atoms with E-state index in [9.17, 15) is 19.5 Å². The summed E-state index contributed by atoms with van der Waals surface area (Å²) in [4.78, 5) is 37.6. The number of benzene rings is 1. The van der Waals surface area contributed by atoms with E-state index in [1.54, 1.807) is 24.3 Å². The molecular weight excluding hydrogens is 314 g/mol. The lowest BCUT2D eigenvalue weighted by Crippen LogP contribution is -2.43. The van der Waals surface area contributed by atoms with Crippen molar-refractivity contribution in [1.82, 2.24) is 0 Å². The van der Waals surface area contributed by atoms with Crippen molar-refractivity contribution in [3.8, 4) is 5.75 Å². The number of fused-ring (bicyclic) bond motifs is 5. The molecule has 24 heavy (non-hydrogen) atoms. The Kier molecular flexibility index (Phi) is 3.13. The Morgan fingerprint density at radius 3 is 2.62 bits per heavy atom. The number of aliphatic hydroxyl groups excluding tert-OH is 1. The van der Waals surface area contributed by atoms with Crippen molar-refractivity contribution < 1.29 is 29.0 Å². The normalized spacial score (nSPS) is 33.2. The number of carbonyl (C=O) groups is 3. The molecule has 4 rings (SSSR count). The quantitative estimate of drug-likeness (QED) is 0.374. The molecule has 2 amide bonds. The van der Waals surface area contributed by atoms with Crippen LogP contribution in [0.3, 0.4) is 0 Å². The summed E-state index contributed by atoms with van der Waals surface area (Å²) in [5.74, 6) is -2.15. The summed E-state index contributed by atoms with van der Waals surface area (Å²) in [5, 5.41) is 9.66. The lowest BCUT2D eigenvalue weighted by molar-refractivity contribution is -0.132. The summed E-state index contributed by atoms with van der Waals surface area (Å²) in [6.45, 7) is 0.944. The number of hydrogen-bond donors (Lipinski definition) is 1. The van der Waals surface area contributed by atoms with Gasteiger partial charge in [-0.05, 0) is 24.3 Å². The molecule has 1 N–H and O–H groups in total. The van der Waals surface area contributed by atoms with Gasteiger partial charge in [-0.25, -0.2) is 4.90 Å². The minimum Gasteiger partial charge on any atom is -0.427 e. The molecule has 0 saturated carbocycles. The zero-order valence-electron chi connectivity index (χ0n) is 12.8. The van der Waals surface area contributed by atoms with Gasteiger partial charge in [-0.2, -0.15) is 0 Å². The number of esters is 1. The molecule has 0 aliphatic carbocycles. The third-order valence-electron chi connectivity index (χ3n) is 4.76. The van der Waals surface area contributed by atoms with Gasteiger partial charge in [0, 0.05) is 6.92 Å². The number of amides is 2. The maximum atomic E-state index is 12.8. The first-order chi connectivity index (χ1) is 11.5. The monoisotopic (exact) mass is 329 g/mol. The summed E-state index contributed by atoms with van der Waals surface area (Å²) in [5.41, 5.74) is -0.697. The summed E-state index contributed by atoms with van der Waals surface area (Å²) in [7, 11) is 0. The smallest absolute Gasteiger partial charge is 0.308 e. The van der Waals surface area contributed by atoms with Crippen molar-refractivity contribution in [3.05, 3.63) is 36.4 Å². The van der Waals surface area contributed by atoms with Crippen LogP contribution in [0.25, 0.3) is 0 Å². The first-order valence-corrected chi connectivity index (χ1v) is 7.61. The van der Waals surface area contributed by atoms with Crippen LogP contribution in [-0.2, 0) is 19.1 Å². The van der Waals surface area contributed by atoms with E-state index in [2.05, 4.69) is 0 Å². The molecule has 0 radical (unpaired) electrons. The molecule has 1 aromatic carbocycles. The van der Waals surface area contributed by atoms with Crippen LogP contribution in [-0.4, -0.2) is 41.2 Å². The lowest BCUT2D eigenvalue weighted by Gasteiger charge is -2.26. The van der Waals surface area contributed by atoms with Gasteiger partial charge in [0.15, 0.2) is 0 Å². The van der Waals surface area contributed by atoms with Crippen LogP contribution >= 0.6 is 0 Å². The zero-order chi connectivity index (χ0) is 17.1. The van der Waals surface area contributed by atoms with Crippen molar-refractivity contribution in [2.45, 2.75) is 18.6 Å². The number of anilines is 1. The molecule has 2 saturated heterocycles. The van der Waals surface area contributed by atoms with Crippen LogP contribution in [0.2, 0.25) is 0 Å². The zero-order valence-corrected chi connectivity index (χ0v) is 12.8. The Labute approximate surface area is 137 Å². The van der Waals surface area contributed by atoms with Gasteiger partial charge in [0.2, 0.25) is 11.8 Å². The van der Waals surface area contributed by atoms with Crippen LogP contribution in [0.4, 0.5) is 5.69 Å². The van der Waals surface area contributed by atoms with Gasteiger partial charge in [-0.15, -0.1) is 0 Å². The van der Waals surface area contributed by atoms with Gasteiger partial charge in [-0.1, -0.05) is 12.2 Å². The van der Waals surface area contributed by atoms with Gasteiger partial charge in [0.05, 0.1) is 30.2 Å². The minimum absolute atomic E-state index is 0.336. The maximum Gasteiger partial charge on any atom is 0.308 e. The van der Waals surface area contributed by atoms with E-state index >= 15 is 0 Å². The van der Waals surface area contributed by atoms with E-state index in [1.807, 2.05) is 0 Å². The Morgan fingerprint density at radius 2 is 2.00 bits per heavy atom. The predicted octanol–water partition coefficient (Wildman–Crippen LogP) is 0.417. The molecule has 1 aromatic rings. The minimum atomic E-state index is -1.10. The molecule has 3 aliphatic rings. The van der Waals surface area contributed by atoms with Crippen molar-refractivity contribution in [3.63, 3.8) is 0 Å². The Balaban J connectivity index is 1.65. The molecular formula is C17H15NO6. The van der Waals surface area contributed by atoms with Gasteiger partial charge in [0.25, 0.3) is 0 Å². The topological polar surface area (TPSA) is 93.1 Å². The average Bonchev–Trinajstić information content (AvgIpc) is 3.19. The number of carbonyl (C=O) groups excluding carboxylic acids is 3. The number of imide groups is 1. The van der Waals surface area contributed by atoms with Gasteiger partial charge >= 0.3 is 5.97 Å². The third-order valence-corrected chi connectivity index (χ3v) is 4.76. The number of rotatable bonds is 3. The largest absolute Gasteiger partial charge is 0.427 e. The standard InChI is InChI=1S/C17H15NO6/c1-9(20)23-11-4-2-10(3-5-11)18-15(21)13-12-6-7-17(8-19,24-12)14(13)16(18)22/h2-7,12-14,19H,8H2,1H3/t12-,13+,14+,17-/m1/s1. The van der Waals surface area contributed by atoms with Gasteiger partial charge in [-0.3, -0.25) is 14.4 Å². The summed E-state index contributed by atoms with van der Waals surface area (Å²) >= 11 is 0. The highest BCUT2D eigenvalue weighted by Gasteiger charge is 2.67. The highest BCUT2D eigenvalue weighted by molar-refractivity contribution is 6.23. The molecule has 2 fully saturated rings. The second-order valence-electron chi connectivity index (χ2n) is 6.16. The molecule has 0 aromatic heterocycles. The first kappa shape index (κ1) is 15.0. The SMILES string of the molecule is CC(=O)Oc1ccc(N2C(=O)[C@@H]3[C@@H](C2=O)[C@]2(CO)C=C[C@H]3O2)cc1. The van der Waals surface area contributed by atoms with E-state index in [-0.39, 0.29) is 18.4 Å². The van der Waals surface area contributed by atoms with Crippen LogP contribution in [0, 0.1) is 11.8 Å². The van der Waals surface area contributed by atoms with Crippen LogP contribution in [0.1, 0.15) is 6.92 Å². The van der Waals surface area contributed by atoms with Crippen molar-refractivity contribution in [2.75, 3.05) is 11.5 Å². The van der Waals surface area contributed by atoms with E-state index < -0.39 is 29.5 Å². The fourth-order valence-corrected chi connectivity index (χ4v) is 3.77. The van der Waals surface area contributed by atoms with E-state index in [0.29, 0.717) is 11.4 Å². The highest BCUT2D eigenvalue weighted by Crippen LogP contribution is 2.52.